The molecule has 0 fully saturated rings. The van der Waals surface area contributed by atoms with Crippen molar-refractivity contribution in [2.75, 3.05) is 5.32 Å². The third kappa shape index (κ3) is 4.52. The molecular weight excluding hydrogens is 476 g/mol. The van der Waals surface area contributed by atoms with E-state index >= 15 is 0 Å². The smallest absolute Gasteiger partial charge is 0.408 e. The number of aryl methyl sites for hydroxylation is 1. The molecule has 142 valence electrons. The zero-order valence-electron chi connectivity index (χ0n) is 13.8. The van der Waals surface area contributed by atoms with E-state index in [0.717, 1.165) is 12.1 Å². The molecule has 0 unspecified atom stereocenters. The summed E-state index contributed by atoms with van der Waals surface area (Å²) in [5.41, 5.74) is 0.386. The minimum absolute atomic E-state index is 0.0538. The molecule has 0 saturated carbocycles. The molecule has 0 aliphatic heterocycles. The van der Waals surface area contributed by atoms with Crippen LogP contribution in [0.2, 0.25) is 0 Å². The number of carbonyl (C=O) groups excluding carboxylic acids is 1. The highest BCUT2D eigenvalue weighted by molar-refractivity contribution is 14.1. The van der Waals surface area contributed by atoms with Crippen LogP contribution in [0.5, 0.6) is 0 Å². The maximum Gasteiger partial charge on any atom is 0.419 e. The Bertz CT molecular complexity index is 1040. The van der Waals surface area contributed by atoms with E-state index in [0.29, 0.717) is 21.1 Å². The molecule has 27 heavy (non-hydrogen) atoms. The third-order valence-corrected chi connectivity index (χ3v) is 4.87. The van der Waals surface area contributed by atoms with Crippen molar-refractivity contribution in [2.45, 2.75) is 25.6 Å². The topological polar surface area (TPSA) is 64.2 Å². The van der Waals surface area contributed by atoms with Crippen molar-refractivity contribution in [3.63, 3.8) is 0 Å². The van der Waals surface area contributed by atoms with E-state index in [1.807, 2.05) is 22.6 Å². The van der Waals surface area contributed by atoms with Crippen LogP contribution in [0.4, 0.5) is 18.9 Å². The Labute approximate surface area is 165 Å². The number of nitrogens with zero attached hydrogens (tertiary/aromatic N) is 1. The number of rotatable bonds is 5. The molecule has 1 amide bonds. The summed E-state index contributed by atoms with van der Waals surface area (Å²) in [7, 11) is 0. The molecule has 3 aromatic rings. The molecule has 0 spiro atoms. The molecular formula is C18H14F3IN2O3. The lowest BCUT2D eigenvalue weighted by atomic mass is 10.2. The van der Waals surface area contributed by atoms with Gasteiger partial charge in [-0.15, -0.1) is 0 Å². The number of benzene rings is 2. The molecule has 9 heteroatoms. The van der Waals surface area contributed by atoms with Gasteiger partial charge >= 0.3 is 11.9 Å². The first-order chi connectivity index (χ1) is 12.8. The summed E-state index contributed by atoms with van der Waals surface area (Å²) < 4.78 is 45.5. The fourth-order valence-electron chi connectivity index (χ4n) is 2.63. The van der Waals surface area contributed by atoms with E-state index in [-0.39, 0.29) is 18.7 Å². The number of fused-ring (bicyclic) bond motifs is 1. The van der Waals surface area contributed by atoms with Gasteiger partial charge in [-0.05, 0) is 59.3 Å². The number of hydrogen-bond donors (Lipinski definition) is 1. The molecule has 0 aliphatic carbocycles. The van der Waals surface area contributed by atoms with Gasteiger partial charge in [0, 0.05) is 16.5 Å². The Morgan fingerprint density at radius 3 is 2.67 bits per heavy atom. The Hall–Kier alpha value is -2.30. The second-order valence-corrected chi connectivity index (χ2v) is 6.99. The molecule has 1 heterocycles. The van der Waals surface area contributed by atoms with Gasteiger partial charge in [-0.25, -0.2) is 4.79 Å². The standard InChI is InChI=1S/C18H14F3IN2O3/c19-18(20,21)11-7-8-12(22)13(10-11)23-16(25)6-3-9-24-14-4-1-2-5-15(14)27-17(24)26/h1-2,4-5,7-8,10H,3,6,9H2,(H,23,25). The van der Waals surface area contributed by atoms with Crippen molar-refractivity contribution in [1.82, 2.24) is 4.57 Å². The average Bonchev–Trinajstić information content (AvgIpc) is 2.91. The lowest BCUT2D eigenvalue weighted by Gasteiger charge is -2.12. The number of oxazole rings is 1. The number of anilines is 1. The molecule has 5 nitrogen and oxygen atoms in total. The van der Waals surface area contributed by atoms with Gasteiger partial charge in [-0.3, -0.25) is 9.36 Å². The van der Waals surface area contributed by atoms with Crippen molar-refractivity contribution in [3.8, 4) is 0 Å². The fraction of sp³-hybridized carbons (Fsp3) is 0.222. The summed E-state index contributed by atoms with van der Waals surface area (Å²) in [5.74, 6) is -0.933. The Kier molecular flexibility index (Phi) is 5.59. The molecule has 0 atom stereocenters. The molecule has 0 saturated heterocycles. The first-order valence-corrected chi connectivity index (χ1v) is 9.08. The Morgan fingerprint density at radius 2 is 1.93 bits per heavy atom. The molecule has 0 bridgehead atoms. The molecule has 0 aliphatic rings. The third-order valence-electron chi connectivity index (χ3n) is 3.93. The van der Waals surface area contributed by atoms with E-state index in [4.69, 9.17) is 4.42 Å². The van der Waals surface area contributed by atoms with Crippen LogP contribution in [-0.2, 0) is 17.5 Å². The van der Waals surface area contributed by atoms with Crippen LogP contribution in [0.3, 0.4) is 0 Å². The van der Waals surface area contributed by atoms with Gasteiger partial charge in [0.15, 0.2) is 5.58 Å². The van der Waals surface area contributed by atoms with Crippen LogP contribution < -0.4 is 11.1 Å². The van der Waals surface area contributed by atoms with Crippen LogP contribution in [0.15, 0.2) is 51.7 Å². The number of para-hydroxylation sites is 2. The van der Waals surface area contributed by atoms with E-state index in [1.165, 1.54) is 10.6 Å². The number of carbonyl (C=O) groups is 1. The lowest BCUT2D eigenvalue weighted by molar-refractivity contribution is -0.137. The number of halogens is 4. The Morgan fingerprint density at radius 1 is 1.19 bits per heavy atom. The van der Waals surface area contributed by atoms with Gasteiger partial charge in [0.1, 0.15) is 0 Å². The normalized spacial score (nSPS) is 11.7. The van der Waals surface area contributed by atoms with Gasteiger partial charge < -0.3 is 9.73 Å². The quantitative estimate of drug-likeness (QED) is 0.531. The number of hydrogen-bond acceptors (Lipinski definition) is 3. The van der Waals surface area contributed by atoms with E-state index < -0.39 is 23.4 Å². The van der Waals surface area contributed by atoms with Crippen molar-refractivity contribution >= 4 is 45.3 Å². The van der Waals surface area contributed by atoms with Gasteiger partial charge in [0.2, 0.25) is 5.91 Å². The summed E-state index contributed by atoms with van der Waals surface area (Å²) >= 11 is 1.86. The summed E-state index contributed by atoms with van der Waals surface area (Å²) in [6, 6.07) is 10.1. The summed E-state index contributed by atoms with van der Waals surface area (Å²) in [6.45, 7) is 0.267. The van der Waals surface area contributed by atoms with Crippen LogP contribution in [-0.4, -0.2) is 10.5 Å². The second kappa shape index (κ2) is 7.75. The van der Waals surface area contributed by atoms with Gasteiger partial charge in [-0.2, -0.15) is 13.2 Å². The van der Waals surface area contributed by atoms with Crippen LogP contribution >= 0.6 is 22.6 Å². The van der Waals surface area contributed by atoms with Crippen molar-refractivity contribution in [1.29, 1.82) is 0 Å². The average molecular weight is 490 g/mol. The van der Waals surface area contributed by atoms with Gasteiger partial charge in [-0.1, -0.05) is 12.1 Å². The first kappa shape index (κ1) is 19.5. The largest absolute Gasteiger partial charge is 0.419 e. The second-order valence-electron chi connectivity index (χ2n) is 5.83. The van der Waals surface area contributed by atoms with Gasteiger partial charge in [0.25, 0.3) is 0 Å². The molecule has 0 radical (unpaired) electrons. The minimum Gasteiger partial charge on any atom is -0.408 e. The van der Waals surface area contributed by atoms with Crippen LogP contribution in [0.1, 0.15) is 18.4 Å². The number of alkyl halides is 3. The SMILES string of the molecule is O=C(CCCn1c(=O)oc2ccccc21)Nc1cc(C(F)(F)F)ccc1I. The zero-order chi connectivity index (χ0) is 19.6. The highest BCUT2D eigenvalue weighted by Gasteiger charge is 2.31. The molecule has 3 rings (SSSR count). The highest BCUT2D eigenvalue weighted by atomic mass is 127. The monoisotopic (exact) mass is 490 g/mol. The summed E-state index contributed by atoms with van der Waals surface area (Å²) in [5, 5.41) is 2.50. The zero-order valence-corrected chi connectivity index (χ0v) is 16.0. The lowest BCUT2D eigenvalue weighted by Crippen LogP contribution is -2.17. The van der Waals surface area contributed by atoms with E-state index in [2.05, 4.69) is 5.32 Å². The first-order valence-electron chi connectivity index (χ1n) is 8.00. The minimum atomic E-state index is -4.48. The molecule has 1 aromatic heterocycles. The summed E-state index contributed by atoms with van der Waals surface area (Å²) in [6.07, 6.45) is -4.09. The predicted octanol–water partition coefficient (Wildman–Crippen LogP) is 4.64. The van der Waals surface area contributed by atoms with E-state index in [1.54, 1.807) is 24.3 Å². The molecule has 1 N–H and O–H groups in total. The van der Waals surface area contributed by atoms with Crippen LogP contribution in [0, 0.1) is 3.57 Å². The van der Waals surface area contributed by atoms with E-state index in [9.17, 15) is 22.8 Å². The van der Waals surface area contributed by atoms with Crippen LogP contribution in [0.25, 0.3) is 11.1 Å². The summed E-state index contributed by atoms with van der Waals surface area (Å²) in [4.78, 5) is 24.0. The number of amides is 1. The highest BCUT2D eigenvalue weighted by Crippen LogP contribution is 2.32. The van der Waals surface area contributed by atoms with Crippen molar-refractivity contribution in [3.05, 3.63) is 62.1 Å². The fourth-order valence-corrected chi connectivity index (χ4v) is 3.10. The number of nitrogens with one attached hydrogen (secondary N) is 1. The maximum absolute atomic E-state index is 12.8. The predicted molar refractivity (Wildman–Crippen MR) is 102 cm³/mol. The van der Waals surface area contributed by atoms with Gasteiger partial charge in [0.05, 0.1) is 16.8 Å². The van der Waals surface area contributed by atoms with Crippen molar-refractivity contribution < 1.29 is 22.4 Å². The molecule has 2 aromatic carbocycles. The Balaban J connectivity index is 1.63. The van der Waals surface area contributed by atoms with Crippen molar-refractivity contribution in [2.24, 2.45) is 0 Å². The maximum atomic E-state index is 12.8. The number of aromatic nitrogens is 1.